The molecule has 0 aromatic heterocycles. The molecule has 0 spiro atoms. The van der Waals surface area contributed by atoms with Crippen LogP contribution < -0.4 is 10.5 Å². The second-order valence-corrected chi connectivity index (χ2v) is 4.56. The molecule has 1 saturated carbocycles. The van der Waals surface area contributed by atoms with Gasteiger partial charge in [0, 0.05) is 0 Å². The highest BCUT2D eigenvalue weighted by molar-refractivity contribution is 5.76. The number of benzene rings is 1. The average molecular weight is 289 g/mol. The van der Waals surface area contributed by atoms with Crippen LogP contribution in [0.5, 0.6) is 5.75 Å². The minimum atomic E-state index is -4.75. The van der Waals surface area contributed by atoms with Crippen LogP contribution in [0.3, 0.4) is 0 Å². The Labute approximate surface area is 113 Å². The van der Waals surface area contributed by atoms with Crippen molar-refractivity contribution in [1.29, 1.82) is 0 Å². The van der Waals surface area contributed by atoms with Crippen molar-refractivity contribution in [3.63, 3.8) is 0 Å². The molecule has 1 aliphatic carbocycles. The molecule has 0 heterocycles. The Morgan fingerprint density at radius 2 is 1.85 bits per heavy atom. The molecule has 110 valence electrons. The molecule has 1 aromatic carbocycles. The van der Waals surface area contributed by atoms with E-state index in [-0.39, 0.29) is 11.9 Å². The molecule has 1 fully saturated rings. The van der Waals surface area contributed by atoms with Crippen LogP contribution in [0.25, 0.3) is 0 Å². The van der Waals surface area contributed by atoms with E-state index in [0.717, 1.165) is 0 Å². The molecule has 0 bridgehead atoms. The number of esters is 1. The van der Waals surface area contributed by atoms with E-state index < -0.39 is 24.3 Å². The van der Waals surface area contributed by atoms with Crippen LogP contribution in [0.4, 0.5) is 13.2 Å². The molecule has 1 aliphatic rings. The zero-order valence-corrected chi connectivity index (χ0v) is 10.5. The summed E-state index contributed by atoms with van der Waals surface area (Å²) in [6.45, 7) is 0. The Morgan fingerprint density at radius 1 is 1.25 bits per heavy atom. The predicted octanol–water partition coefficient (Wildman–Crippen LogP) is 2.03. The van der Waals surface area contributed by atoms with Crippen LogP contribution >= 0.6 is 0 Å². The topological polar surface area (TPSA) is 61.5 Å². The first-order valence-electron chi connectivity index (χ1n) is 6.12. The Kier molecular flexibility index (Phi) is 4.17. The lowest BCUT2D eigenvalue weighted by Crippen LogP contribution is -2.54. The van der Waals surface area contributed by atoms with Gasteiger partial charge >= 0.3 is 12.1 Å². The van der Waals surface area contributed by atoms with Gasteiger partial charge in [-0.3, -0.25) is 0 Å². The number of hydrogen-bond acceptors (Lipinski definition) is 4. The largest absolute Gasteiger partial charge is 0.477 e. The molecule has 2 N–H and O–H groups in total. The summed E-state index contributed by atoms with van der Waals surface area (Å²) < 4.78 is 48.0. The summed E-state index contributed by atoms with van der Waals surface area (Å²) >= 11 is 0. The summed E-state index contributed by atoms with van der Waals surface area (Å²) in [6, 6.07) is 5.29. The molecular weight excluding hydrogens is 275 g/mol. The van der Waals surface area contributed by atoms with Crippen molar-refractivity contribution in [2.24, 2.45) is 5.73 Å². The summed E-state index contributed by atoms with van der Waals surface area (Å²) in [6.07, 6.45) is -5.65. The van der Waals surface area contributed by atoms with Gasteiger partial charge in [0.25, 0.3) is 0 Å². The molecule has 4 nitrogen and oxygen atoms in total. The molecule has 0 amide bonds. The second-order valence-electron chi connectivity index (χ2n) is 4.56. The number of rotatable bonds is 5. The number of carbonyl (C=O) groups excluding carboxylic acids is 1. The van der Waals surface area contributed by atoms with Crippen molar-refractivity contribution in [2.45, 2.75) is 37.3 Å². The minimum Gasteiger partial charge on any atom is -0.477 e. The average Bonchev–Trinajstić information content (AvgIpc) is 3.19. The fourth-order valence-corrected chi connectivity index (χ4v) is 1.50. The van der Waals surface area contributed by atoms with Crippen LogP contribution in [0, 0.1) is 0 Å². The van der Waals surface area contributed by atoms with Gasteiger partial charge in [0.05, 0.1) is 0 Å². The van der Waals surface area contributed by atoms with Crippen LogP contribution in [-0.2, 0) is 9.53 Å². The number of carbonyl (C=O) groups is 1. The van der Waals surface area contributed by atoms with E-state index in [2.05, 4.69) is 0 Å². The molecule has 0 unspecified atom stereocenters. The molecule has 20 heavy (non-hydrogen) atoms. The molecule has 2 atom stereocenters. The van der Waals surface area contributed by atoms with Crippen LogP contribution in [-0.4, -0.2) is 30.4 Å². The Bertz CT molecular complexity index is 460. The van der Waals surface area contributed by atoms with Gasteiger partial charge in [0.2, 0.25) is 6.10 Å². The highest BCUT2D eigenvalue weighted by Gasteiger charge is 2.48. The summed E-state index contributed by atoms with van der Waals surface area (Å²) in [4.78, 5) is 11.8. The van der Waals surface area contributed by atoms with Crippen molar-refractivity contribution in [2.75, 3.05) is 0 Å². The first kappa shape index (κ1) is 14.6. The van der Waals surface area contributed by atoms with Gasteiger partial charge in [0.1, 0.15) is 17.9 Å². The zero-order chi connectivity index (χ0) is 14.8. The third kappa shape index (κ3) is 3.86. The zero-order valence-electron chi connectivity index (χ0n) is 10.5. The summed E-state index contributed by atoms with van der Waals surface area (Å²) in [5.41, 5.74) is 5.09. The molecule has 0 aliphatic heterocycles. The standard InChI is InChI=1S/C13H14F3NO3/c14-13(15,16)11(17)10(12(18)20-9-6-7-9)19-8-4-2-1-3-5-8/h1-5,9-11H,6-7,17H2/t10-,11-/m0/s1. The number of halogens is 3. The summed E-state index contributed by atoms with van der Waals surface area (Å²) in [5, 5.41) is 0. The number of hydrogen-bond donors (Lipinski definition) is 1. The normalized spacial score (nSPS) is 18.2. The van der Waals surface area contributed by atoms with Crippen LogP contribution in [0.2, 0.25) is 0 Å². The summed E-state index contributed by atoms with van der Waals surface area (Å²) in [5.74, 6) is -0.953. The van der Waals surface area contributed by atoms with Crippen molar-refractivity contribution in [3.05, 3.63) is 30.3 Å². The van der Waals surface area contributed by atoms with Gasteiger partial charge in [-0.25, -0.2) is 4.79 Å². The van der Waals surface area contributed by atoms with Crippen LogP contribution in [0.15, 0.2) is 30.3 Å². The van der Waals surface area contributed by atoms with E-state index >= 15 is 0 Å². The van der Waals surface area contributed by atoms with E-state index in [1.807, 2.05) is 0 Å². The van der Waals surface area contributed by atoms with E-state index in [4.69, 9.17) is 15.2 Å². The van der Waals surface area contributed by atoms with E-state index in [1.54, 1.807) is 18.2 Å². The predicted molar refractivity (Wildman–Crippen MR) is 64.0 cm³/mol. The van der Waals surface area contributed by atoms with Gasteiger partial charge in [-0.15, -0.1) is 0 Å². The fourth-order valence-electron chi connectivity index (χ4n) is 1.50. The number of para-hydroxylation sites is 1. The SMILES string of the molecule is N[C@@H]([C@H](Oc1ccccc1)C(=O)OC1CC1)C(F)(F)F. The Hall–Kier alpha value is -1.76. The third-order valence-electron chi connectivity index (χ3n) is 2.75. The maximum atomic E-state index is 12.7. The number of ether oxygens (including phenoxy) is 2. The molecule has 0 saturated heterocycles. The second kappa shape index (κ2) is 5.70. The van der Waals surface area contributed by atoms with Crippen molar-refractivity contribution in [1.82, 2.24) is 0 Å². The summed E-state index contributed by atoms with van der Waals surface area (Å²) in [7, 11) is 0. The monoisotopic (exact) mass is 289 g/mol. The Balaban J connectivity index is 2.12. The molecule has 1 aromatic rings. The molecule has 7 heteroatoms. The maximum Gasteiger partial charge on any atom is 0.407 e. The van der Waals surface area contributed by atoms with Gasteiger partial charge in [-0.1, -0.05) is 18.2 Å². The van der Waals surface area contributed by atoms with Gasteiger partial charge < -0.3 is 15.2 Å². The minimum absolute atomic E-state index is 0.130. The van der Waals surface area contributed by atoms with Gasteiger partial charge in [0.15, 0.2) is 0 Å². The maximum absolute atomic E-state index is 12.7. The lowest BCUT2D eigenvalue weighted by atomic mass is 10.1. The molecule has 2 rings (SSSR count). The molecule has 0 radical (unpaired) electrons. The highest BCUT2D eigenvalue weighted by Crippen LogP contribution is 2.28. The quantitative estimate of drug-likeness (QED) is 0.843. The van der Waals surface area contributed by atoms with E-state index in [1.165, 1.54) is 12.1 Å². The molecular formula is C13H14F3NO3. The highest BCUT2D eigenvalue weighted by atomic mass is 19.4. The van der Waals surface area contributed by atoms with E-state index in [9.17, 15) is 18.0 Å². The first-order chi connectivity index (χ1) is 9.38. The van der Waals surface area contributed by atoms with Crippen molar-refractivity contribution >= 4 is 5.97 Å². The van der Waals surface area contributed by atoms with Crippen molar-refractivity contribution < 1.29 is 27.4 Å². The number of alkyl halides is 3. The van der Waals surface area contributed by atoms with Crippen LogP contribution in [0.1, 0.15) is 12.8 Å². The first-order valence-corrected chi connectivity index (χ1v) is 6.12. The fraction of sp³-hybridized carbons (Fsp3) is 0.462. The Morgan fingerprint density at radius 3 is 2.35 bits per heavy atom. The van der Waals surface area contributed by atoms with E-state index in [0.29, 0.717) is 12.8 Å². The lowest BCUT2D eigenvalue weighted by Gasteiger charge is -2.25. The van der Waals surface area contributed by atoms with Crippen molar-refractivity contribution in [3.8, 4) is 5.75 Å². The van der Waals surface area contributed by atoms with Gasteiger partial charge in [-0.2, -0.15) is 13.2 Å². The lowest BCUT2D eigenvalue weighted by molar-refractivity contribution is -0.183. The number of nitrogens with two attached hydrogens (primary N) is 1. The van der Waals surface area contributed by atoms with Gasteiger partial charge in [-0.05, 0) is 25.0 Å². The smallest absolute Gasteiger partial charge is 0.407 e. The third-order valence-corrected chi connectivity index (χ3v) is 2.75.